The number of carbonyl (C=O) groups is 1. The Morgan fingerprint density at radius 1 is 1.17 bits per heavy atom. The summed E-state index contributed by atoms with van der Waals surface area (Å²) in [6, 6.07) is 7.54. The van der Waals surface area contributed by atoms with Crippen molar-refractivity contribution in [2.24, 2.45) is 5.92 Å². The lowest BCUT2D eigenvalue weighted by Gasteiger charge is -2.18. The average molecular weight is 349 g/mol. The third-order valence-electron chi connectivity index (χ3n) is 4.12. The van der Waals surface area contributed by atoms with Gasteiger partial charge in [0.2, 0.25) is 0 Å². The second-order valence-electron chi connectivity index (χ2n) is 6.85. The topological polar surface area (TPSA) is 50.4 Å². The second kappa shape index (κ2) is 9.62. The van der Waals surface area contributed by atoms with E-state index in [1.54, 1.807) is 12.1 Å². The Morgan fingerprint density at radius 3 is 2.38 bits per heavy atom. The summed E-state index contributed by atoms with van der Waals surface area (Å²) in [7, 11) is 0. The molecule has 1 aliphatic rings. The minimum atomic E-state index is -0.184. The highest BCUT2D eigenvalue weighted by Crippen LogP contribution is 2.17. The zero-order valence-corrected chi connectivity index (χ0v) is 15.5. The van der Waals surface area contributed by atoms with Crippen molar-refractivity contribution in [3.63, 3.8) is 0 Å². The van der Waals surface area contributed by atoms with Gasteiger partial charge >= 0.3 is 0 Å². The molecule has 1 aliphatic carbocycles. The fourth-order valence-corrected chi connectivity index (χ4v) is 3.05. The Balaban J connectivity index is 1.81. The SMILES string of the molecule is CC(C)COc1ccc(C(=O)NC(=S)NC2CCCCCC2)cc1. The second-order valence-corrected chi connectivity index (χ2v) is 7.25. The summed E-state index contributed by atoms with van der Waals surface area (Å²) in [4.78, 5) is 12.3. The van der Waals surface area contributed by atoms with E-state index in [9.17, 15) is 4.79 Å². The number of nitrogens with one attached hydrogen (secondary N) is 2. The summed E-state index contributed by atoms with van der Waals surface area (Å²) in [6.45, 7) is 4.87. The molecule has 24 heavy (non-hydrogen) atoms. The van der Waals surface area contributed by atoms with Crippen molar-refractivity contribution in [1.82, 2.24) is 10.6 Å². The third kappa shape index (κ3) is 6.48. The summed E-state index contributed by atoms with van der Waals surface area (Å²) < 4.78 is 5.63. The van der Waals surface area contributed by atoms with E-state index in [1.807, 2.05) is 12.1 Å². The summed E-state index contributed by atoms with van der Waals surface area (Å²) in [6.07, 6.45) is 7.29. The molecule has 2 rings (SSSR count). The van der Waals surface area contributed by atoms with Crippen LogP contribution >= 0.6 is 12.2 Å². The molecule has 0 saturated heterocycles. The molecule has 0 aliphatic heterocycles. The van der Waals surface area contributed by atoms with Crippen LogP contribution in [0, 0.1) is 5.92 Å². The van der Waals surface area contributed by atoms with Gasteiger partial charge in [0, 0.05) is 11.6 Å². The smallest absolute Gasteiger partial charge is 0.257 e. The number of hydrogen-bond donors (Lipinski definition) is 2. The predicted molar refractivity (Wildman–Crippen MR) is 101 cm³/mol. The minimum absolute atomic E-state index is 0.184. The fourth-order valence-electron chi connectivity index (χ4n) is 2.79. The van der Waals surface area contributed by atoms with Gasteiger partial charge in [-0.25, -0.2) is 0 Å². The Labute approximate surface area is 150 Å². The molecule has 2 N–H and O–H groups in total. The zero-order chi connectivity index (χ0) is 17.4. The number of benzene rings is 1. The van der Waals surface area contributed by atoms with Gasteiger partial charge in [-0.2, -0.15) is 0 Å². The average Bonchev–Trinajstić information content (AvgIpc) is 2.81. The molecule has 1 aromatic rings. The first-order valence-corrected chi connectivity index (χ1v) is 9.30. The first-order chi connectivity index (χ1) is 11.5. The Bertz CT molecular complexity index is 535. The number of carbonyl (C=O) groups excluding carboxylic acids is 1. The van der Waals surface area contributed by atoms with Gasteiger partial charge in [-0.1, -0.05) is 39.5 Å². The molecular formula is C19H28N2O2S. The molecule has 0 bridgehead atoms. The van der Waals surface area contributed by atoms with E-state index < -0.39 is 0 Å². The highest BCUT2D eigenvalue weighted by molar-refractivity contribution is 7.80. The van der Waals surface area contributed by atoms with Gasteiger partial charge in [-0.3, -0.25) is 10.1 Å². The maximum atomic E-state index is 12.3. The first kappa shape index (κ1) is 18.7. The van der Waals surface area contributed by atoms with E-state index in [0.29, 0.717) is 29.2 Å². The number of amides is 1. The molecule has 5 heteroatoms. The molecule has 1 amide bonds. The van der Waals surface area contributed by atoms with Crippen molar-refractivity contribution >= 4 is 23.2 Å². The van der Waals surface area contributed by atoms with Gasteiger partial charge in [0.05, 0.1) is 6.61 Å². The molecule has 1 fully saturated rings. The molecule has 0 aromatic heterocycles. The van der Waals surface area contributed by atoms with E-state index in [4.69, 9.17) is 17.0 Å². The van der Waals surface area contributed by atoms with Crippen LogP contribution in [0.1, 0.15) is 62.7 Å². The molecule has 0 unspecified atom stereocenters. The molecule has 1 aromatic carbocycles. The van der Waals surface area contributed by atoms with Crippen molar-refractivity contribution in [3.05, 3.63) is 29.8 Å². The maximum Gasteiger partial charge on any atom is 0.257 e. The normalized spacial score (nSPS) is 15.6. The summed E-state index contributed by atoms with van der Waals surface area (Å²) >= 11 is 5.28. The fraction of sp³-hybridized carbons (Fsp3) is 0.579. The van der Waals surface area contributed by atoms with Gasteiger partial charge in [0.1, 0.15) is 5.75 Å². The molecule has 4 nitrogen and oxygen atoms in total. The largest absolute Gasteiger partial charge is 0.493 e. The van der Waals surface area contributed by atoms with Crippen molar-refractivity contribution in [2.75, 3.05) is 6.61 Å². The molecule has 0 radical (unpaired) electrons. The lowest BCUT2D eigenvalue weighted by molar-refractivity contribution is 0.0976. The number of thiocarbonyl (C=S) groups is 1. The van der Waals surface area contributed by atoms with Crippen LogP contribution in [0.25, 0.3) is 0 Å². The van der Waals surface area contributed by atoms with Gasteiger partial charge < -0.3 is 10.1 Å². The predicted octanol–water partition coefficient (Wildman–Crippen LogP) is 4.05. The van der Waals surface area contributed by atoms with Crippen molar-refractivity contribution < 1.29 is 9.53 Å². The van der Waals surface area contributed by atoms with Crippen LogP contribution in [-0.2, 0) is 0 Å². The Hall–Kier alpha value is -1.62. The Kier molecular flexibility index (Phi) is 7.50. The summed E-state index contributed by atoms with van der Waals surface area (Å²) in [5, 5.41) is 6.48. The standard InChI is InChI=1S/C19H28N2O2S/c1-14(2)13-23-17-11-9-15(10-12-17)18(22)21-19(24)20-16-7-5-3-4-6-8-16/h9-12,14,16H,3-8,13H2,1-2H3,(H2,20,21,22,24). The lowest BCUT2D eigenvalue weighted by atomic mass is 10.1. The van der Waals surface area contributed by atoms with Gasteiger partial charge in [-0.05, 0) is 55.2 Å². The molecule has 132 valence electrons. The Morgan fingerprint density at radius 2 is 1.79 bits per heavy atom. The van der Waals surface area contributed by atoms with Crippen LogP contribution in [0.15, 0.2) is 24.3 Å². The van der Waals surface area contributed by atoms with Crippen LogP contribution < -0.4 is 15.4 Å². The summed E-state index contributed by atoms with van der Waals surface area (Å²) in [5.74, 6) is 1.07. The van der Waals surface area contributed by atoms with Crippen LogP contribution in [0.3, 0.4) is 0 Å². The van der Waals surface area contributed by atoms with Gasteiger partial charge in [0.25, 0.3) is 5.91 Å². The van der Waals surface area contributed by atoms with E-state index in [2.05, 4.69) is 24.5 Å². The van der Waals surface area contributed by atoms with E-state index >= 15 is 0 Å². The zero-order valence-electron chi connectivity index (χ0n) is 14.6. The molecular weight excluding hydrogens is 320 g/mol. The van der Waals surface area contributed by atoms with Crippen LogP contribution in [0.2, 0.25) is 0 Å². The first-order valence-electron chi connectivity index (χ1n) is 8.89. The maximum absolute atomic E-state index is 12.3. The lowest BCUT2D eigenvalue weighted by Crippen LogP contribution is -2.44. The van der Waals surface area contributed by atoms with Crippen LogP contribution in [0.5, 0.6) is 5.75 Å². The monoisotopic (exact) mass is 348 g/mol. The van der Waals surface area contributed by atoms with Crippen molar-refractivity contribution in [2.45, 2.75) is 58.4 Å². The molecule has 1 saturated carbocycles. The van der Waals surface area contributed by atoms with Gasteiger partial charge in [-0.15, -0.1) is 0 Å². The van der Waals surface area contributed by atoms with Crippen molar-refractivity contribution in [1.29, 1.82) is 0 Å². The highest BCUT2D eigenvalue weighted by atomic mass is 32.1. The molecule has 0 spiro atoms. The highest BCUT2D eigenvalue weighted by Gasteiger charge is 2.14. The van der Waals surface area contributed by atoms with Crippen LogP contribution in [0.4, 0.5) is 0 Å². The van der Waals surface area contributed by atoms with Crippen LogP contribution in [-0.4, -0.2) is 23.7 Å². The summed E-state index contributed by atoms with van der Waals surface area (Å²) in [5.41, 5.74) is 0.580. The van der Waals surface area contributed by atoms with Gasteiger partial charge in [0.15, 0.2) is 5.11 Å². The quantitative estimate of drug-likeness (QED) is 0.623. The van der Waals surface area contributed by atoms with Crippen molar-refractivity contribution in [3.8, 4) is 5.75 Å². The minimum Gasteiger partial charge on any atom is -0.493 e. The molecule has 0 heterocycles. The number of ether oxygens (including phenoxy) is 1. The van der Waals surface area contributed by atoms with E-state index in [-0.39, 0.29) is 5.91 Å². The van der Waals surface area contributed by atoms with E-state index in [1.165, 1.54) is 25.7 Å². The number of hydrogen-bond acceptors (Lipinski definition) is 3. The van der Waals surface area contributed by atoms with E-state index in [0.717, 1.165) is 18.6 Å². The third-order valence-corrected chi connectivity index (χ3v) is 4.34. The molecule has 0 atom stereocenters. The number of rotatable bonds is 5.